The molecule has 0 saturated carbocycles. The van der Waals surface area contributed by atoms with Gasteiger partial charge >= 0.3 is 0 Å². The standard InChI is InChI=1S/C15H22N2O2/c1-11-10-13(8-9-16-11)17-15(18)14(19-2)12-6-4-3-5-7-12/h3-7,11,13-14,16H,8-10H2,1-2H3,(H,17,18). The van der Waals surface area contributed by atoms with E-state index in [2.05, 4.69) is 17.6 Å². The van der Waals surface area contributed by atoms with Gasteiger partial charge in [-0.25, -0.2) is 0 Å². The lowest BCUT2D eigenvalue weighted by molar-refractivity contribution is -0.132. The minimum absolute atomic E-state index is 0.0483. The number of methoxy groups -OCH3 is 1. The molecule has 1 fully saturated rings. The Labute approximate surface area is 114 Å². The summed E-state index contributed by atoms with van der Waals surface area (Å²) in [6.07, 6.45) is 1.42. The van der Waals surface area contributed by atoms with Gasteiger partial charge in [0.25, 0.3) is 5.91 Å². The smallest absolute Gasteiger partial charge is 0.253 e. The van der Waals surface area contributed by atoms with Gasteiger partial charge in [-0.2, -0.15) is 0 Å². The molecule has 1 aliphatic heterocycles. The van der Waals surface area contributed by atoms with Gasteiger partial charge in [0.15, 0.2) is 6.10 Å². The summed E-state index contributed by atoms with van der Waals surface area (Å²) in [4.78, 5) is 12.3. The van der Waals surface area contributed by atoms with Crippen molar-refractivity contribution in [2.75, 3.05) is 13.7 Å². The van der Waals surface area contributed by atoms with E-state index in [0.29, 0.717) is 6.04 Å². The monoisotopic (exact) mass is 262 g/mol. The summed E-state index contributed by atoms with van der Waals surface area (Å²) in [7, 11) is 1.57. The van der Waals surface area contributed by atoms with Crippen molar-refractivity contribution in [1.82, 2.24) is 10.6 Å². The Bertz CT molecular complexity index is 408. The SMILES string of the molecule is COC(C(=O)NC1CCNC(C)C1)c1ccccc1. The molecule has 0 spiro atoms. The fraction of sp³-hybridized carbons (Fsp3) is 0.533. The first-order chi connectivity index (χ1) is 9.20. The Balaban J connectivity index is 1.97. The molecule has 4 heteroatoms. The van der Waals surface area contributed by atoms with Crippen LogP contribution in [0.4, 0.5) is 0 Å². The van der Waals surface area contributed by atoms with Gasteiger partial charge in [0.2, 0.25) is 0 Å². The summed E-state index contributed by atoms with van der Waals surface area (Å²) in [5.74, 6) is -0.0483. The molecule has 1 aromatic carbocycles. The zero-order chi connectivity index (χ0) is 13.7. The van der Waals surface area contributed by atoms with Crippen molar-refractivity contribution >= 4 is 5.91 Å². The summed E-state index contributed by atoms with van der Waals surface area (Å²) in [6.45, 7) is 3.10. The molecule has 1 heterocycles. The summed E-state index contributed by atoms with van der Waals surface area (Å²) >= 11 is 0. The van der Waals surface area contributed by atoms with Gasteiger partial charge in [0.1, 0.15) is 0 Å². The van der Waals surface area contributed by atoms with Gasteiger partial charge in [0.05, 0.1) is 0 Å². The Morgan fingerprint density at radius 2 is 2.16 bits per heavy atom. The van der Waals surface area contributed by atoms with Crippen LogP contribution in [0.15, 0.2) is 30.3 Å². The van der Waals surface area contributed by atoms with E-state index >= 15 is 0 Å². The van der Waals surface area contributed by atoms with Gasteiger partial charge in [-0.05, 0) is 31.9 Å². The van der Waals surface area contributed by atoms with Crippen LogP contribution in [0.1, 0.15) is 31.4 Å². The molecule has 0 aromatic heterocycles. The molecule has 0 bridgehead atoms. The number of hydrogen-bond acceptors (Lipinski definition) is 3. The number of nitrogens with one attached hydrogen (secondary N) is 2. The van der Waals surface area contributed by atoms with Gasteiger partial charge in [0, 0.05) is 19.2 Å². The molecule has 19 heavy (non-hydrogen) atoms. The number of benzene rings is 1. The maximum atomic E-state index is 12.3. The lowest BCUT2D eigenvalue weighted by Gasteiger charge is -2.29. The van der Waals surface area contributed by atoms with Crippen LogP contribution >= 0.6 is 0 Å². The normalized spacial score (nSPS) is 24.7. The second-order valence-electron chi connectivity index (χ2n) is 5.11. The van der Waals surface area contributed by atoms with Crippen molar-refractivity contribution in [2.45, 2.75) is 38.0 Å². The van der Waals surface area contributed by atoms with Crippen LogP contribution in [-0.2, 0) is 9.53 Å². The summed E-state index contributed by atoms with van der Waals surface area (Å²) in [6, 6.07) is 10.3. The Hall–Kier alpha value is -1.39. The van der Waals surface area contributed by atoms with Gasteiger partial charge in [-0.15, -0.1) is 0 Å². The largest absolute Gasteiger partial charge is 0.367 e. The number of hydrogen-bond donors (Lipinski definition) is 2. The lowest BCUT2D eigenvalue weighted by atomic mass is 10.00. The predicted molar refractivity (Wildman–Crippen MR) is 74.8 cm³/mol. The molecular formula is C15H22N2O2. The predicted octanol–water partition coefficient (Wildman–Crippen LogP) is 1.63. The average Bonchev–Trinajstić information content (AvgIpc) is 2.41. The summed E-state index contributed by atoms with van der Waals surface area (Å²) < 4.78 is 5.34. The first-order valence-electron chi connectivity index (χ1n) is 6.82. The zero-order valence-corrected chi connectivity index (χ0v) is 11.6. The van der Waals surface area contributed by atoms with Gasteiger partial charge in [-0.1, -0.05) is 30.3 Å². The third-order valence-electron chi connectivity index (χ3n) is 3.55. The van der Waals surface area contributed by atoms with Gasteiger partial charge < -0.3 is 15.4 Å². The number of rotatable bonds is 4. The second kappa shape index (κ2) is 6.68. The second-order valence-corrected chi connectivity index (χ2v) is 5.11. The number of amides is 1. The number of carbonyl (C=O) groups excluding carboxylic acids is 1. The average molecular weight is 262 g/mol. The fourth-order valence-electron chi connectivity index (χ4n) is 2.56. The van der Waals surface area contributed by atoms with E-state index in [-0.39, 0.29) is 11.9 Å². The molecule has 2 N–H and O–H groups in total. The highest BCUT2D eigenvalue weighted by atomic mass is 16.5. The van der Waals surface area contributed by atoms with Crippen molar-refractivity contribution < 1.29 is 9.53 Å². The van der Waals surface area contributed by atoms with Crippen LogP contribution < -0.4 is 10.6 Å². The molecule has 1 aliphatic rings. The number of carbonyl (C=O) groups is 1. The van der Waals surface area contributed by atoms with Crippen LogP contribution in [-0.4, -0.2) is 31.6 Å². The van der Waals surface area contributed by atoms with E-state index in [1.807, 2.05) is 30.3 Å². The van der Waals surface area contributed by atoms with Crippen molar-refractivity contribution in [3.8, 4) is 0 Å². The molecule has 3 unspecified atom stereocenters. The van der Waals surface area contributed by atoms with Crippen molar-refractivity contribution in [3.05, 3.63) is 35.9 Å². The highest BCUT2D eigenvalue weighted by Crippen LogP contribution is 2.17. The van der Waals surface area contributed by atoms with Gasteiger partial charge in [-0.3, -0.25) is 4.79 Å². The highest BCUT2D eigenvalue weighted by molar-refractivity contribution is 5.82. The molecule has 104 valence electrons. The quantitative estimate of drug-likeness (QED) is 0.867. The van der Waals surface area contributed by atoms with E-state index in [4.69, 9.17) is 4.74 Å². The van der Waals surface area contributed by atoms with Crippen LogP contribution in [0.25, 0.3) is 0 Å². The Morgan fingerprint density at radius 3 is 2.79 bits per heavy atom. The molecule has 2 rings (SSSR count). The van der Waals surface area contributed by atoms with Crippen LogP contribution in [0, 0.1) is 0 Å². The molecule has 1 aromatic rings. The molecule has 1 amide bonds. The highest BCUT2D eigenvalue weighted by Gasteiger charge is 2.25. The number of ether oxygens (including phenoxy) is 1. The van der Waals surface area contributed by atoms with Crippen LogP contribution in [0.3, 0.4) is 0 Å². The molecule has 3 atom stereocenters. The number of piperidine rings is 1. The maximum absolute atomic E-state index is 12.3. The fourth-order valence-corrected chi connectivity index (χ4v) is 2.56. The third-order valence-corrected chi connectivity index (χ3v) is 3.55. The molecule has 0 radical (unpaired) electrons. The molecule has 0 aliphatic carbocycles. The first kappa shape index (κ1) is 14.0. The van der Waals surface area contributed by atoms with E-state index < -0.39 is 6.10 Å². The minimum atomic E-state index is -0.522. The van der Waals surface area contributed by atoms with Crippen LogP contribution in [0.5, 0.6) is 0 Å². The molecule has 1 saturated heterocycles. The van der Waals surface area contributed by atoms with Crippen molar-refractivity contribution in [2.24, 2.45) is 0 Å². The minimum Gasteiger partial charge on any atom is -0.367 e. The first-order valence-corrected chi connectivity index (χ1v) is 6.82. The van der Waals surface area contributed by atoms with Crippen LogP contribution in [0.2, 0.25) is 0 Å². The summed E-state index contributed by atoms with van der Waals surface area (Å²) in [5.41, 5.74) is 0.893. The van der Waals surface area contributed by atoms with Crippen molar-refractivity contribution in [1.29, 1.82) is 0 Å². The van der Waals surface area contributed by atoms with E-state index in [1.54, 1.807) is 7.11 Å². The van der Waals surface area contributed by atoms with E-state index in [0.717, 1.165) is 24.9 Å². The third kappa shape index (κ3) is 3.78. The van der Waals surface area contributed by atoms with E-state index in [1.165, 1.54) is 0 Å². The molecular weight excluding hydrogens is 240 g/mol. The zero-order valence-electron chi connectivity index (χ0n) is 11.6. The summed E-state index contributed by atoms with van der Waals surface area (Å²) in [5, 5.41) is 6.47. The maximum Gasteiger partial charge on any atom is 0.253 e. The Morgan fingerprint density at radius 1 is 1.42 bits per heavy atom. The lowest BCUT2D eigenvalue weighted by Crippen LogP contribution is -2.47. The van der Waals surface area contributed by atoms with Crippen molar-refractivity contribution in [3.63, 3.8) is 0 Å². The topological polar surface area (TPSA) is 50.4 Å². The molecule has 4 nitrogen and oxygen atoms in total. The van der Waals surface area contributed by atoms with E-state index in [9.17, 15) is 4.79 Å². The Kier molecular flexibility index (Phi) is 4.93.